The minimum absolute atomic E-state index is 0.193. The Labute approximate surface area is 90.5 Å². The zero-order valence-electron chi connectivity index (χ0n) is 8.25. The first-order valence-corrected chi connectivity index (χ1v) is 5.71. The maximum absolute atomic E-state index is 6.46. The van der Waals surface area contributed by atoms with Crippen LogP contribution in [0.15, 0.2) is 30.3 Å². The summed E-state index contributed by atoms with van der Waals surface area (Å²) in [6.07, 6.45) is 2.39. The molecule has 2 heteroatoms. The van der Waals surface area contributed by atoms with Crippen LogP contribution < -0.4 is 5.32 Å². The van der Waals surface area contributed by atoms with Crippen LogP contribution in [0, 0.1) is 5.92 Å². The maximum Gasteiger partial charge on any atom is 0.0614 e. The molecule has 2 rings (SSSR count). The van der Waals surface area contributed by atoms with Gasteiger partial charge in [-0.1, -0.05) is 30.3 Å². The molecule has 76 valence electrons. The molecule has 1 aliphatic heterocycles. The lowest BCUT2D eigenvalue weighted by Crippen LogP contribution is -2.29. The van der Waals surface area contributed by atoms with Crippen molar-refractivity contribution < 1.29 is 0 Å². The maximum atomic E-state index is 6.46. The van der Waals surface area contributed by atoms with Gasteiger partial charge in [0.1, 0.15) is 0 Å². The minimum atomic E-state index is 0.193. The summed E-state index contributed by atoms with van der Waals surface area (Å²) in [5.74, 6) is 0.639. The molecule has 0 aromatic heterocycles. The molecule has 0 saturated carbocycles. The van der Waals surface area contributed by atoms with E-state index in [9.17, 15) is 0 Å². The Balaban J connectivity index is 2.03. The van der Waals surface area contributed by atoms with E-state index in [1.54, 1.807) is 0 Å². The smallest absolute Gasteiger partial charge is 0.0614 e. The average molecular weight is 210 g/mol. The standard InChI is InChI=1S/C12H16ClN/c13-12(10-4-2-1-3-5-10)11-6-8-14-9-7-11/h1-5,11-12,14H,6-9H2. The summed E-state index contributed by atoms with van der Waals surface area (Å²) in [4.78, 5) is 0. The summed E-state index contributed by atoms with van der Waals surface area (Å²) >= 11 is 6.46. The molecule has 1 fully saturated rings. The summed E-state index contributed by atoms with van der Waals surface area (Å²) < 4.78 is 0. The summed E-state index contributed by atoms with van der Waals surface area (Å²) in [5.41, 5.74) is 1.26. The number of halogens is 1. The summed E-state index contributed by atoms with van der Waals surface area (Å²) in [6, 6.07) is 10.4. The molecule has 1 nitrogen and oxygen atoms in total. The summed E-state index contributed by atoms with van der Waals surface area (Å²) in [7, 11) is 0. The van der Waals surface area contributed by atoms with Gasteiger partial charge in [-0.15, -0.1) is 11.6 Å². The fraction of sp³-hybridized carbons (Fsp3) is 0.500. The Kier molecular flexibility index (Phi) is 3.44. The van der Waals surface area contributed by atoms with Gasteiger partial charge >= 0.3 is 0 Å². The molecule has 0 bridgehead atoms. The van der Waals surface area contributed by atoms with E-state index in [1.807, 2.05) is 6.07 Å². The number of piperidine rings is 1. The quantitative estimate of drug-likeness (QED) is 0.739. The highest BCUT2D eigenvalue weighted by molar-refractivity contribution is 6.21. The highest BCUT2D eigenvalue weighted by atomic mass is 35.5. The second-order valence-electron chi connectivity index (χ2n) is 3.90. The van der Waals surface area contributed by atoms with Crippen molar-refractivity contribution in [1.82, 2.24) is 5.32 Å². The highest BCUT2D eigenvalue weighted by Crippen LogP contribution is 2.33. The van der Waals surface area contributed by atoms with Gasteiger partial charge in [0.15, 0.2) is 0 Å². The Hall–Kier alpha value is -0.530. The van der Waals surface area contributed by atoms with Crippen molar-refractivity contribution in [1.29, 1.82) is 0 Å². The molecular weight excluding hydrogens is 194 g/mol. The van der Waals surface area contributed by atoms with Gasteiger partial charge in [-0.25, -0.2) is 0 Å². The number of alkyl halides is 1. The lowest BCUT2D eigenvalue weighted by molar-refractivity contribution is 0.364. The van der Waals surface area contributed by atoms with Crippen molar-refractivity contribution in [2.45, 2.75) is 18.2 Å². The van der Waals surface area contributed by atoms with E-state index >= 15 is 0 Å². The van der Waals surface area contributed by atoms with Crippen LogP contribution in [-0.2, 0) is 0 Å². The molecule has 0 spiro atoms. The van der Waals surface area contributed by atoms with E-state index < -0.39 is 0 Å². The van der Waals surface area contributed by atoms with Crippen LogP contribution in [-0.4, -0.2) is 13.1 Å². The first kappa shape index (κ1) is 10.0. The van der Waals surface area contributed by atoms with Gasteiger partial charge in [0.2, 0.25) is 0 Å². The van der Waals surface area contributed by atoms with Gasteiger partial charge in [-0.3, -0.25) is 0 Å². The molecule has 0 amide bonds. The molecule has 1 unspecified atom stereocenters. The van der Waals surface area contributed by atoms with Crippen LogP contribution in [0.3, 0.4) is 0 Å². The molecule has 1 heterocycles. The van der Waals surface area contributed by atoms with Gasteiger partial charge in [-0.2, -0.15) is 0 Å². The van der Waals surface area contributed by atoms with E-state index in [0.717, 1.165) is 13.1 Å². The second-order valence-corrected chi connectivity index (χ2v) is 4.37. The highest BCUT2D eigenvalue weighted by Gasteiger charge is 2.22. The van der Waals surface area contributed by atoms with Crippen molar-refractivity contribution in [3.05, 3.63) is 35.9 Å². The van der Waals surface area contributed by atoms with E-state index in [-0.39, 0.29) is 5.38 Å². The first-order valence-electron chi connectivity index (χ1n) is 5.27. The summed E-state index contributed by atoms with van der Waals surface area (Å²) in [6.45, 7) is 2.22. The SMILES string of the molecule is ClC(c1ccccc1)C1CCNCC1. The zero-order valence-corrected chi connectivity index (χ0v) is 9.00. The third kappa shape index (κ3) is 2.28. The van der Waals surface area contributed by atoms with Crippen LogP contribution in [0.1, 0.15) is 23.8 Å². The van der Waals surface area contributed by atoms with Gasteiger partial charge < -0.3 is 5.32 Å². The van der Waals surface area contributed by atoms with Crippen molar-refractivity contribution in [2.75, 3.05) is 13.1 Å². The Bertz CT molecular complexity index is 267. The Morgan fingerprint density at radius 1 is 1.14 bits per heavy atom. The van der Waals surface area contributed by atoms with Crippen molar-refractivity contribution >= 4 is 11.6 Å². The molecule has 14 heavy (non-hydrogen) atoms. The minimum Gasteiger partial charge on any atom is -0.317 e. The fourth-order valence-corrected chi connectivity index (χ4v) is 2.44. The number of hydrogen-bond acceptors (Lipinski definition) is 1. The van der Waals surface area contributed by atoms with E-state index in [4.69, 9.17) is 11.6 Å². The number of nitrogens with one attached hydrogen (secondary N) is 1. The molecule has 1 atom stereocenters. The van der Waals surface area contributed by atoms with Crippen LogP contribution >= 0.6 is 11.6 Å². The molecule has 1 saturated heterocycles. The largest absolute Gasteiger partial charge is 0.317 e. The van der Waals surface area contributed by atoms with E-state index in [0.29, 0.717) is 5.92 Å². The lowest BCUT2D eigenvalue weighted by Gasteiger charge is -2.26. The summed E-state index contributed by atoms with van der Waals surface area (Å²) in [5, 5.41) is 3.56. The zero-order chi connectivity index (χ0) is 9.80. The number of benzene rings is 1. The van der Waals surface area contributed by atoms with Gasteiger partial charge in [0.25, 0.3) is 0 Å². The van der Waals surface area contributed by atoms with Crippen molar-refractivity contribution in [2.24, 2.45) is 5.92 Å². The number of rotatable bonds is 2. The first-order chi connectivity index (χ1) is 6.88. The fourth-order valence-electron chi connectivity index (χ4n) is 2.05. The second kappa shape index (κ2) is 4.81. The van der Waals surface area contributed by atoms with Crippen LogP contribution in [0.25, 0.3) is 0 Å². The number of hydrogen-bond donors (Lipinski definition) is 1. The monoisotopic (exact) mass is 209 g/mol. The van der Waals surface area contributed by atoms with E-state index in [2.05, 4.69) is 29.6 Å². The third-order valence-corrected chi connectivity index (χ3v) is 3.52. The molecule has 0 radical (unpaired) electrons. The molecule has 1 N–H and O–H groups in total. The normalized spacial score (nSPS) is 20.6. The molecule has 1 aliphatic rings. The van der Waals surface area contributed by atoms with Crippen LogP contribution in [0.5, 0.6) is 0 Å². The van der Waals surface area contributed by atoms with Crippen LogP contribution in [0.2, 0.25) is 0 Å². The van der Waals surface area contributed by atoms with E-state index in [1.165, 1.54) is 18.4 Å². The Morgan fingerprint density at radius 3 is 2.43 bits per heavy atom. The van der Waals surface area contributed by atoms with Gasteiger partial charge in [0.05, 0.1) is 5.38 Å². The van der Waals surface area contributed by atoms with Crippen LogP contribution in [0.4, 0.5) is 0 Å². The van der Waals surface area contributed by atoms with Gasteiger partial charge in [0, 0.05) is 0 Å². The third-order valence-electron chi connectivity index (χ3n) is 2.92. The molecule has 1 aromatic rings. The predicted octanol–water partition coefficient (Wildman–Crippen LogP) is 2.97. The lowest BCUT2D eigenvalue weighted by atomic mass is 9.90. The topological polar surface area (TPSA) is 12.0 Å². The van der Waals surface area contributed by atoms with Gasteiger partial charge in [-0.05, 0) is 37.4 Å². The van der Waals surface area contributed by atoms with Crippen molar-refractivity contribution in [3.63, 3.8) is 0 Å². The Morgan fingerprint density at radius 2 is 1.79 bits per heavy atom. The molecular formula is C12H16ClN. The van der Waals surface area contributed by atoms with Crippen molar-refractivity contribution in [3.8, 4) is 0 Å². The average Bonchev–Trinajstić information content (AvgIpc) is 2.30. The predicted molar refractivity (Wildman–Crippen MR) is 60.6 cm³/mol. The molecule has 1 aromatic carbocycles. The molecule has 0 aliphatic carbocycles.